The van der Waals surface area contributed by atoms with Crippen LogP contribution in [-0.2, 0) is 0 Å². The lowest BCUT2D eigenvalue weighted by molar-refractivity contribution is 0.0676. The predicted octanol–water partition coefficient (Wildman–Crippen LogP) is 3.40. The third-order valence-corrected chi connectivity index (χ3v) is 4.11. The van der Waals surface area contributed by atoms with Crippen LogP contribution < -0.4 is 5.32 Å². The van der Waals surface area contributed by atoms with Crippen LogP contribution in [0.15, 0.2) is 36.7 Å². The molecule has 0 spiro atoms. The topological polar surface area (TPSA) is 58.1 Å². The number of hydrogen-bond acceptors (Lipinski definition) is 4. The van der Waals surface area contributed by atoms with Crippen molar-refractivity contribution in [1.82, 2.24) is 14.9 Å². The van der Waals surface area contributed by atoms with E-state index in [1.54, 1.807) is 12.4 Å². The van der Waals surface area contributed by atoms with E-state index in [0.717, 1.165) is 25.2 Å². The Kier molecular flexibility index (Phi) is 4.55. The van der Waals surface area contributed by atoms with Crippen LogP contribution in [0.3, 0.4) is 0 Å². The summed E-state index contributed by atoms with van der Waals surface area (Å²) in [4.78, 5) is 22.9. The van der Waals surface area contributed by atoms with Crippen LogP contribution in [0.25, 0.3) is 0 Å². The zero-order valence-corrected chi connectivity index (χ0v) is 13.6. The molecule has 1 fully saturated rings. The molecule has 5 heteroatoms. The minimum atomic E-state index is -0.0221. The molecule has 1 aliphatic rings. The van der Waals surface area contributed by atoms with Crippen molar-refractivity contribution in [3.05, 3.63) is 47.9 Å². The Morgan fingerprint density at radius 2 is 2.17 bits per heavy atom. The van der Waals surface area contributed by atoms with Crippen LogP contribution in [0.1, 0.15) is 35.8 Å². The van der Waals surface area contributed by atoms with Gasteiger partial charge in [0.15, 0.2) is 0 Å². The molecule has 1 unspecified atom stereocenters. The summed E-state index contributed by atoms with van der Waals surface area (Å²) in [5, 5.41) is 3.20. The third kappa shape index (κ3) is 3.86. The fourth-order valence-corrected chi connectivity index (χ4v) is 2.91. The molecule has 1 saturated heterocycles. The van der Waals surface area contributed by atoms with E-state index >= 15 is 0 Å². The lowest BCUT2D eigenvalue weighted by Gasteiger charge is -2.30. The zero-order chi connectivity index (χ0) is 16.2. The Morgan fingerprint density at radius 1 is 1.30 bits per heavy atom. The van der Waals surface area contributed by atoms with Gasteiger partial charge in [-0.2, -0.15) is 0 Å². The van der Waals surface area contributed by atoms with E-state index in [1.807, 2.05) is 36.1 Å². The highest BCUT2D eigenvalue weighted by Crippen LogP contribution is 2.18. The van der Waals surface area contributed by atoms with Gasteiger partial charge in [-0.05, 0) is 43.4 Å². The highest BCUT2D eigenvalue weighted by molar-refractivity contribution is 5.92. The van der Waals surface area contributed by atoms with Crippen LogP contribution in [0.4, 0.5) is 11.5 Å². The first kappa shape index (κ1) is 15.5. The van der Waals surface area contributed by atoms with Crippen LogP contribution >= 0.6 is 0 Å². The molecule has 0 radical (unpaired) electrons. The van der Waals surface area contributed by atoms with Gasteiger partial charge in [0.2, 0.25) is 0 Å². The normalized spacial score (nSPS) is 17.8. The summed E-state index contributed by atoms with van der Waals surface area (Å²) < 4.78 is 0. The first-order valence-electron chi connectivity index (χ1n) is 8.07. The summed E-state index contributed by atoms with van der Waals surface area (Å²) in [6.07, 6.45) is 5.42. The van der Waals surface area contributed by atoms with Gasteiger partial charge in [0.1, 0.15) is 11.5 Å². The van der Waals surface area contributed by atoms with Crippen molar-refractivity contribution < 1.29 is 4.79 Å². The number of amides is 1. The molecule has 2 heterocycles. The second kappa shape index (κ2) is 6.77. The Labute approximate surface area is 136 Å². The number of carbonyl (C=O) groups is 1. The van der Waals surface area contributed by atoms with Gasteiger partial charge in [0.05, 0.1) is 12.4 Å². The molecular weight excluding hydrogens is 288 g/mol. The molecule has 23 heavy (non-hydrogen) atoms. The fourth-order valence-electron chi connectivity index (χ4n) is 2.91. The smallest absolute Gasteiger partial charge is 0.274 e. The van der Waals surface area contributed by atoms with Gasteiger partial charge in [-0.15, -0.1) is 0 Å². The molecule has 1 amide bonds. The van der Waals surface area contributed by atoms with Crippen LogP contribution in [0.5, 0.6) is 0 Å². The van der Waals surface area contributed by atoms with Crippen molar-refractivity contribution in [2.45, 2.75) is 26.7 Å². The number of nitrogens with zero attached hydrogens (tertiary/aromatic N) is 3. The van der Waals surface area contributed by atoms with Gasteiger partial charge in [0.25, 0.3) is 5.91 Å². The van der Waals surface area contributed by atoms with E-state index < -0.39 is 0 Å². The quantitative estimate of drug-likeness (QED) is 0.944. The number of piperidine rings is 1. The van der Waals surface area contributed by atoms with Gasteiger partial charge < -0.3 is 10.2 Å². The summed E-state index contributed by atoms with van der Waals surface area (Å²) in [5.41, 5.74) is 2.55. The third-order valence-electron chi connectivity index (χ3n) is 4.11. The Hall–Kier alpha value is -2.43. The lowest BCUT2D eigenvalue weighted by atomic mass is 10.0. The molecular formula is C18H22N4O. The van der Waals surface area contributed by atoms with E-state index in [1.165, 1.54) is 12.0 Å². The minimum absolute atomic E-state index is 0.0221. The highest BCUT2D eigenvalue weighted by Gasteiger charge is 2.23. The van der Waals surface area contributed by atoms with Crippen LogP contribution in [-0.4, -0.2) is 33.9 Å². The number of rotatable bonds is 3. The molecule has 2 aromatic rings. The number of carbonyl (C=O) groups excluding carboxylic acids is 1. The van der Waals surface area contributed by atoms with Crippen molar-refractivity contribution in [3.63, 3.8) is 0 Å². The summed E-state index contributed by atoms with van der Waals surface area (Å²) >= 11 is 0. The molecule has 120 valence electrons. The summed E-state index contributed by atoms with van der Waals surface area (Å²) in [6.45, 7) is 5.84. The second-order valence-electron chi connectivity index (χ2n) is 6.28. The monoisotopic (exact) mass is 310 g/mol. The van der Waals surface area contributed by atoms with E-state index in [-0.39, 0.29) is 5.91 Å². The van der Waals surface area contributed by atoms with Crippen molar-refractivity contribution >= 4 is 17.4 Å². The summed E-state index contributed by atoms with van der Waals surface area (Å²) in [5.74, 6) is 1.17. The zero-order valence-electron chi connectivity index (χ0n) is 13.6. The van der Waals surface area contributed by atoms with Gasteiger partial charge in [0, 0.05) is 18.8 Å². The Bertz CT molecular complexity index is 684. The molecule has 0 saturated carbocycles. The van der Waals surface area contributed by atoms with Gasteiger partial charge >= 0.3 is 0 Å². The number of anilines is 2. The number of hydrogen-bond donors (Lipinski definition) is 1. The highest BCUT2D eigenvalue weighted by atomic mass is 16.2. The predicted molar refractivity (Wildman–Crippen MR) is 90.8 cm³/mol. The number of aromatic nitrogens is 2. The van der Waals surface area contributed by atoms with E-state index in [2.05, 4.69) is 22.2 Å². The van der Waals surface area contributed by atoms with Crippen LogP contribution in [0, 0.1) is 12.8 Å². The maximum atomic E-state index is 12.5. The molecule has 0 aliphatic carbocycles. The molecule has 3 rings (SSSR count). The summed E-state index contributed by atoms with van der Waals surface area (Å²) in [6, 6.07) is 8.04. The molecule has 0 bridgehead atoms. The van der Waals surface area contributed by atoms with E-state index in [4.69, 9.17) is 0 Å². The van der Waals surface area contributed by atoms with Crippen molar-refractivity contribution in [3.8, 4) is 0 Å². The minimum Gasteiger partial charge on any atom is -0.339 e. The Morgan fingerprint density at radius 3 is 2.87 bits per heavy atom. The molecule has 5 nitrogen and oxygen atoms in total. The maximum Gasteiger partial charge on any atom is 0.274 e. The lowest BCUT2D eigenvalue weighted by Crippen LogP contribution is -2.39. The van der Waals surface area contributed by atoms with Crippen molar-refractivity contribution in [2.24, 2.45) is 5.92 Å². The molecule has 1 atom stereocenters. The van der Waals surface area contributed by atoms with Gasteiger partial charge in [-0.3, -0.25) is 4.79 Å². The van der Waals surface area contributed by atoms with Crippen molar-refractivity contribution in [2.75, 3.05) is 18.4 Å². The van der Waals surface area contributed by atoms with Gasteiger partial charge in [-0.1, -0.05) is 19.1 Å². The maximum absolute atomic E-state index is 12.5. The van der Waals surface area contributed by atoms with Crippen molar-refractivity contribution in [1.29, 1.82) is 0 Å². The van der Waals surface area contributed by atoms with E-state index in [9.17, 15) is 4.79 Å². The first-order chi connectivity index (χ1) is 11.1. The van der Waals surface area contributed by atoms with Gasteiger partial charge in [-0.25, -0.2) is 9.97 Å². The number of nitrogens with one attached hydrogen (secondary N) is 1. The average Bonchev–Trinajstić information content (AvgIpc) is 2.55. The first-order valence-corrected chi connectivity index (χ1v) is 8.07. The standard InChI is InChI=1S/C18H22N4O/c1-13-5-3-7-15(9-13)21-17-11-19-16(10-20-17)18(23)22-8-4-6-14(2)12-22/h3,5,7,9-11,14H,4,6,8,12H2,1-2H3,(H,20,21). The number of benzene rings is 1. The molecule has 1 aliphatic heterocycles. The van der Waals surface area contributed by atoms with E-state index in [0.29, 0.717) is 17.4 Å². The number of likely N-dealkylation sites (tertiary alicyclic amines) is 1. The molecule has 1 aromatic heterocycles. The number of aryl methyl sites for hydroxylation is 1. The summed E-state index contributed by atoms with van der Waals surface area (Å²) in [7, 11) is 0. The largest absolute Gasteiger partial charge is 0.339 e. The Balaban J connectivity index is 1.68. The second-order valence-corrected chi connectivity index (χ2v) is 6.28. The van der Waals surface area contributed by atoms with Crippen LogP contribution in [0.2, 0.25) is 0 Å². The molecule has 1 aromatic carbocycles. The fraction of sp³-hybridized carbons (Fsp3) is 0.389. The molecule has 1 N–H and O–H groups in total. The average molecular weight is 310 g/mol. The SMILES string of the molecule is Cc1cccc(Nc2cnc(C(=O)N3CCCC(C)C3)cn2)c1.